The average Bonchev–Trinajstić information content (AvgIpc) is 2.84. The molecule has 0 bridgehead atoms. The van der Waals surface area contributed by atoms with Crippen LogP contribution in [0.2, 0.25) is 0 Å². The van der Waals surface area contributed by atoms with Gasteiger partial charge in [0, 0.05) is 19.0 Å². The number of β-amino-alcohol motifs (C(OH)–C–C–N with tert-alkyl or cyclic N) is 1. The summed E-state index contributed by atoms with van der Waals surface area (Å²) in [6, 6.07) is 0. The van der Waals surface area contributed by atoms with Crippen LogP contribution in [-0.2, 0) is 0 Å². The second-order valence-electron chi connectivity index (χ2n) is 4.39. The van der Waals surface area contributed by atoms with Crippen LogP contribution in [0.5, 0.6) is 0 Å². The van der Waals surface area contributed by atoms with Crippen LogP contribution in [-0.4, -0.2) is 50.3 Å². The van der Waals surface area contributed by atoms with Crippen LogP contribution in [0.1, 0.15) is 42.6 Å². The van der Waals surface area contributed by atoms with Gasteiger partial charge in [-0.2, -0.15) is 0 Å². The van der Waals surface area contributed by atoms with Crippen LogP contribution in [0.15, 0.2) is 0 Å². The molecule has 1 aromatic rings. The number of aromatic amines is 1. The highest BCUT2D eigenvalue weighted by Crippen LogP contribution is 2.13. The SMILES string of the molecule is CC(C)c1nc(C(=O)N2CC[C@H](O)C2)n[nH]1. The van der Waals surface area contributed by atoms with Crippen molar-refractivity contribution in [3.63, 3.8) is 0 Å². The summed E-state index contributed by atoms with van der Waals surface area (Å²) in [6.45, 7) is 4.92. The monoisotopic (exact) mass is 224 g/mol. The second kappa shape index (κ2) is 4.21. The molecular formula is C10H16N4O2. The molecule has 0 radical (unpaired) electrons. The number of carbonyl (C=O) groups excluding carboxylic acids is 1. The lowest BCUT2D eigenvalue weighted by Crippen LogP contribution is -2.30. The Morgan fingerprint density at radius 3 is 2.88 bits per heavy atom. The minimum atomic E-state index is -0.410. The molecule has 1 saturated heterocycles. The molecule has 1 aliphatic rings. The predicted molar refractivity (Wildman–Crippen MR) is 57.0 cm³/mol. The molecule has 2 rings (SSSR count). The van der Waals surface area contributed by atoms with Gasteiger partial charge >= 0.3 is 0 Å². The standard InChI is InChI=1S/C10H16N4O2/c1-6(2)8-11-9(13-12-8)10(16)14-4-3-7(15)5-14/h6-7,15H,3-5H2,1-2H3,(H,11,12,13)/t7-/m0/s1. The Balaban J connectivity index is 2.09. The predicted octanol–water partition coefficient (Wildman–Crippen LogP) is 0.135. The highest BCUT2D eigenvalue weighted by molar-refractivity contribution is 5.90. The zero-order valence-corrected chi connectivity index (χ0v) is 9.47. The summed E-state index contributed by atoms with van der Waals surface area (Å²) in [5.41, 5.74) is 0. The normalized spacial score (nSPS) is 20.8. The Morgan fingerprint density at radius 1 is 1.62 bits per heavy atom. The summed E-state index contributed by atoms with van der Waals surface area (Å²) >= 11 is 0. The van der Waals surface area contributed by atoms with E-state index in [1.165, 1.54) is 0 Å². The van der Waals surface area contributed by atoms with Crippen molar-refractivity contribution in [2.75, 3.05) is 13.1 Å². The first-order valence-electron chi connectivity index (χ1n) is 5.47. The Hall–Kier alpha value is -1.43. The van der Waals surface area contributed by atoms with Gasteiger partial charge in [0.1, 0.15) is 5.82 Å². The van der Waals surface area contributed by atoms with E-state index < -0.39 is 6.10 Å². The minimum absolute atomic E-state index is 0.192. The zero-order chi connectivity index (χ0) is 11.7. The number of aliphatic hydroxyl groups is 1. The molecule has 0 saturated carbocycles. The molecule has 0 unspecified atom stereocenters. The number of amides is 1. The Morgan fingerprint density at radius 2 is 2.38 bits per heavy atom. The van der Waals surface area contributed by atoms with E-state index in [4.69, 9.17) is 0 Å². The van der Waals surface area contributed by atoms with Crippen LogP contribution < -0.4 is 0 Å². The van der Waals surface area contributed by atoms with Crippen molar-refractivity contribution in [3.8, 4) is 0 Å². The van der Waals surface area contributed by atoms with E-state index >= 15 is 0 Å². The lowest BCUT2D eigenvalue weighted by atomic mass is 10.2. The third-order valence-electron chi connectivity index (χ3n) is 2.69. The van der Waals surface area contributed by atoms with Gasteiger partial charge in [-0.05, 0) is 6.42 Å². The highest BCUT2D eigenvalue weighted by Gasteiger charge is 2.27. The van der Waals surface area contributed by atoms with Crippen molar-refractivity contribution in [2.24, 2.45) is 0 Å². The number of likely N-dealkylation sites (tertiary alicyclic amines) is 1. The van der Waals surface area contributed by atoms with E-state index in [0.29, 0.717) is 25.3 Å². The van der Waals surface area contributed by atoms with E-state index in [0.717, 1.165) is 0 Å². The number of hydrogen-bond donors (Lipinski definition) is 2. The van der Waals surface area contributed by atoms with Crippen molar-refractivity contribution in [1.82, 2.24) is 20.1 Å². The first-order valence-corrected chi connectivity index (χ1v) is 5.47. The largest absolute Gasteiger partial charge is 0.391 e. The molecule has 0 spiro atoms. The maximum Gasteiger partial charge on any atom is 0.293 e. The van der Waals surface area contributed by atoms with E-state index in [2.05, 4.69) is 15.2 Å². The van der Waals surface area contributed by atoms with E-state index in [9.17, 15) is 9.90 Å². The number of aromatic nitrogens is 3. The lowest BCUT2D eigenvalue weighted by molar-refractivity contribution is 0.0753. The smallest absolute Gasteiger partial charge is 0.293 e. The van der Waals surface area contributed by atoms with Crippen LogP contribution in [0.4, 0.5) is 0 Å². The third kappa shape index (κ3) is 2.06. The van der Waals surface area contributed by atoms with Gasteiger partial charge in [0.25, 0.3) is 5.91 Å². The molecule has 2 heterocycles. The maximum atomic E-state index is 11.9. The summed E-state index contributed by atoms with van der Waals surface area (Å²) in [4.78, 5) is 17.6. The fourth-order valence-corrected chi connectivity index (χ4v) is 1.70. The fourth-order valence-electron chi connectivity index (χ4n) is 1.70. The van der Waals surface area contributed by atoms with Gasteiger partial charge in [-0.15, -0.1) is 5.10 Å². The summed E-state index contributed by atoms with van der Waals surface area (Å²) in [7, 11) is 0. The quantitative estimate of drug-likeness (QED) is 0.748. The number of aliphatic hydroxyl groups excluding tert-OH is 1. The molecule has 1 amide bonds. The van der Waals surface area contributed by atoms with Crippen molar-refractivity contribution in [1.29, 1.82) is 0 Å². The number of hydrogen-bond acceptors (Lipinski definition) is 4. The van der Waals surface area contributed by atoms with E-state index in [1.54, 1.807) is 4.90 Å². The van der Waals surface area contributed by atoms with Crippen molar-refractivity contribution >= 4 is 5.91 Å². The first-order chi connectivity index (χ1) is 7.58. The third-order valence-corrected chi connectivity index (χ3v) is 2.69. The molecule has 2 N–H and O–H groups in total. The number of rotatable bonds is 2. The van der Waals surface area contributed by atoms with Gasteiger partial charge in [0.2, 0.25) is 5.82 Å². The zero-order valence-electron chi connectivity index (χ0n) is 9.47. The Kier molecular flexibility index (Phi) is 2.91. The molecule has 1 atom stereocenters. The lowest BCUT2D eigenvalue weighted by Gasteiger charge is -2.12. The van der Waals surface area contributed by atoms with Crippen molar-refractivity contribution in [3.05, 3.63) is 11.6 Å². The Bertz CT molecular complexity index is 388. The maximum absolute atomic E-state index is 11.9. The average molecular weight is 224 g/mol. The molecular weight excluding hydrogens is 208 g/mol. The summed E-state index contributed by atoms with van der Waals surface area (Å²) in [5.74, 6) is 0.916. The van der Waals surface area contributed by atoms with E-state index in [1.807, 2.05) is 13.8 Å². The van der Waals surface area contributed by atoms with Crippen LogP contribution in [0.3, 0.4) is 0 Å². The highest BCUT2D eigenvalue weighted by atomic mass is 16.3. The molecule has 6 nitrogen and oxygen atoms in total. The van der Waals surface area contributed by atoms with Crippen LogP contribution in [0.25, 0.3) is 0 Å². The molecule has 1 aromatic heterocycles. The summed E-state index contributed by atoms with van der Waals surface area (Å²) in [5, 5.41) is 16.0. The van der Waals surface area contributed by atoms with Gasteiger partial charge in [-0.1, -0.05) is 13.8 Å². The molecule has 88 valence electrons. The first kappa shape index (κ1) is 11.1. The number of nitrogens with zero attached hydrogens (tertiary/aromatic N) is 3. The Labute approximate surface area is 93.7 Å². The van der Waals surface area contributed by atoms with Crippen molar-refractivity contribution in [2.45, 2.75) is 32.3 Å². The molecule has 1 fully saturated rings. The van der Waals surface area contributed by atoms with Gasteiger partial charge in [0.15, 0.2) is 0 Å². The van der Waals surface area contributed by atoms with Crippen molar-refractivity contribution < 1.29 is 9.90 Å². The van der Waals surface area contributed by atoms with Crippen LogP contribution >= 0.6 is 0 Å². The minimum Gasteiger partial charge on any atom is -0.391 e. The second-order valence-corrected chi connectivity index (χ2v) is 4.39. The fraction of sp³-hybridized carbons (Fsp3) is 0.700. The van der Waals surface area contributed by atoms with Gasteiger partial charge < -0.3 is 10.0 Å². The topological polar surface area (TPSA) is 82.1 Å². The number of carbonyl (C=O) groups is 1. The molecule has 16 heavy (non-hydrogen) atoms. The van der Waals surface area contributed by atoms with Gasteiger partial charge in [-0.25, -0.2) is 4.98 Å². The summed E-state index contributed by atoms with van der Waals surface area (Å²) in [6.07, 6.45) is 0.222. The van der Waals surface area contributed by atoms with Crippen LogP contribution in [0, 0.1) is 0 Å². The van der Waals surface area contributed by atoms with E-state index in [-0.39, 0.29) is 17.6 Å². The number of nitrogens with one attached hydrogen (secondary N) is 1. The van der Waals surface area contributed by atoms with Gasteiger partial charge in [-0.3, -0.25) is 9.89 Å². The molecule has 1 aliphatic heterocycles. The molecule has 0 aliphatic carbocycles. The molecule has 0 aromatic carbocycles. The number of H-pyrrole nitrogens is 1. The van der Waals surface area contributed by atoms with Gasteiger partial charge in [0.05, 0.1) is 6.10 Å². The summed E-state index contributed by atoms with van der Waals surface area (Å²) < 4.78 is 0. The molecule has 6 heteroatoms.